The minimum atomic E-state index is 0.310. The Balaban J connectivity index is 2.09. The summed E-state index contributed by atoms with van der Waals surface area (Å²) in [5.74, 6) is 0.578. The Kier molecular flexibility index (Phi) is 3.32. The van der Waals surface area contributed by atoms with E-state index < -0.39 is 0 Å². The number of fused-ring (bicyclic) bond motifs is 1. The number of rotatable bonds is 1. The van der Waals surface area contributed by atoms with Crippen molar-refractivity contribution < 1.29 is 0 Å². The van der Waals surface area contributed by atoms with E-state index in [4.69, 9.17) is 5.73 Å². The van der Waals surface area contributed by atoms with Crippen LogP contribution in [-0.2, 0) is 0 Å². The van der Waals surface area contributed by atoms with Crippen molar-refractivity contribution in [3.8, 4) is 0 Å². The Hall–Kier alpha value is -1.10. The van der Waals surface area contributed by atoms with Crippen LogP contribution in [0.4, 0.5) is 5.95 Å². The zero-order chi connectivity index (χ0) is 15.4. The van der Waals surface area contributed by atoms with E-state index in [9.17, 15) is 0 Å². The third-order valence-electron chi connectivity index (χ3n) is 4.42. The topological polar surface area (TPSA) is 56.7 Å². The number of nitrogens with zero attached hydrogens (tertiary/aromatic N) is 3. The van der Waals surface area contributed by atoms with Crippen LogP contribution < -0.4 is 5.73 Å². The Morgan fingerprint density at radius 3 is 2.48 bits per heavy atom. The summed E-state index contributed by atoms with van der Waals surface area (Å²) in [5.41, 5.74) is 8.59. The van der Waals surface area contributed by atoms with Crippen LogP contribution in [0.3, 0.4) is 0 Å². The molecule has 2 N–H and O–H groups in total. The first kappa shape index (κ1) is 14.8. The highest BCUT2D eigenvalue weighted by molar-refractivity contribution is 9.10. The fourth-order valence-electron chi connectivity index (χ4n) is 4.31. The molecule has 114 valence electrons. The zero-order valence-corrected chi connectivity index (χ0v) is 14.7. The van der Waals surface area contributed by atoms with Crippen molar-refractivity contribution in [3.63, 3.8) is 0 Å². The van der Waals surface area contributed by atoms with Crippen LogP contribution in [0.1, 0.15) is 53.0 Å². The molecule has 1 aliphatic rings. The Morgan fingerprint density at radius 2 is 1.86 bits per heavy atom. The molecular weight excluding hydrogens is 328 g/mol. The van der Waals surface area contributed by atoms with Gasteiger partial charge in [-0.25, -0.2) is 9.97 Å². The van der Waals surface area contributed by atoms with Gasteiger partial charge in [-0.3, -0.25) is 4.57 Å². The molecule has 0 saturated heterocycles. The van der Waals surface area contributed by atoms with Crippen LogP contribution in [0.2, 0.25) is 0 Å². The van der Waals surface area contributed by atoms with Gasteiger partial charge in [0.2, 0.25) is 5.95 Å². The standard InChI is InChI=1S/C16H23BrN4/c1-15(2)6-11(7-16(3,4)9-15)21-13-12(20-14(21)18)5-10(17)8-19-13/h5,8,11H,6-7,9H2,1-4H3,(H2,18,20). The minimum Gasteiger partial charge on any atom is -0.369 e. The first-order valence-corrected chi connectivity index (χ1v) is 8.25. The molecule has 1 saturated carbocycles. The average Bonchev–Trinajstić information content (AvgIpc) is 2.59. The van der Waals surface area contributed by atoms with Gasteiger partial charge in [-0.15, -0.1) is 0 Å². The lowest BCUT2D eigenvalue weighted by Crippen LogP contribution is -2.35. The predicted molar refractivity (Wildman–Crippen MR) is 90.1 cm³/mol. The first-order chi connectivity index (χ1) is 9.67. The summed E-state index contributed by atoms with van der Waals surface area (Å²) in [6, 6.07) is 2.34. The number of aromatic nitrogens is 3. The molecule has 21 heavy (non-hydrogen) atoms. The highest BCUT2D eigenvalue weighted by atomic mass is 79.9. The molecule has 0 amide bonds. The third-order valence-corrected chi connectivity index (χ3v) is 4.86. The summed E-state index contributed by atoms with van der Waals surface area (Å²) in [5, 5.41) is 0. The first-order valence-electron chi connectivity index (χ1n) is 7.46. The molecule has 0 unspecified atom stereocenters. The molecule has 1 fully saturated rings. The lowest BCUT2D eigenvalue weighted by Gasteiger charge is -2.45. The number of hydrogen-bond donors (Lipinski definition) is 1. The summed E-state index contributed by atoms with van der Waals surface area (Å²) in [7, 11) is 0. The van der Waals surface area contributed by atoms with Crippen LogP contribution in [-0.4, -0.2) is 14.5 Å². The van der Waals surface area contributed by atoms with Gasteiger partial charge >= 0.3 is 0 Å². The zero-order valence-electron chi connectivity index (χ0n) is 13.2. The maximum Gasteiger partial charge on any atom is 0.202 e. The van der Waals surface area contributed by atoms with Gasteiger partial charge in [0.15, 0.2) is 5.65 Å². The molecule has 0 spiro atoms. The second-order valence-corrected chi connectivity index (χ2v) is 8.82. The fourth-order valence-corrected chi connectivity index (χ4v) is 4.62. The summed E-state index contributed by atoms with van der Waals surface area (Å²) < 4.78 is 3.08. The molecule has 0 atom stereocenters. The Morgan fingerprint density at radius 1 is 1.24 bits per heavy atom. The number of nitrogen functional groups attached to an aromatic ring is 1. The number of imidazole rings is 1. The molecule has 5 heteroatoms. The lowest BCUT2D eigenvalue weighted by atomic mass is 9.63. The van der Waals surface area contributed by atoms with Crippen LogP contribution >= 0.6 is 15.9 Å². The van der Waals surface area contributed by atoms with Crippen molar-refractivity contribution in [3.05, 3.63) is 16.7 Å². The van der Waals surface area contributed by atoms with Gasteiger partial charge < -0.3 is 5.73 Å². The number of anilines is 1. The molecule has 0 bridgehead atoms. The maximum absolute atomic E-state index is 6.21. The van der Waals surface area contributed by atoms with E-state index in [-0.39, 0.29) is 0 Å². The second kappa shape index (κ2) is 4.70. The van der Waals surface area contributed by atoms with Crippen molar-refractivity contribution in [2.45, 2.75) is 53.0 Å². The summed E-state index contributed by atoms with van der Waals surface area (Å²) in [6.45, 7) is 9.39. The van der Waals surface area contributed by atoms with Gasteiger partial charge in [0.1, 0.15) is 5.52 Å². The lowest BCUT2D eigenvalue weighted by molar-refractivity contribution is 0.0745. The number of halogens is 1. The van der Waals surface area contributed by atoms with Gasteiger partial charge in [0, 0.05) is 16.7 Å². The van der Waals surface area contributed by atoms with Crippen molar-refractivity contribution in [2.75, 3.05) is 5.73 Å². The molecular formula is C16H23BrN4. The fraction of sp³-hybridized carbons (Fsp3) is 0.625. The van der Waals surface area contributed by atoms with Crippen molar-refractivity contribution in [1.82, 2.24) is 14.5 Å². The molecule has 1 aliphatic carbocycles. The van der Waals surface area contributed by atoms with Crippen LogP contribution in [0, 0.1) is 10.8 Å². The molecule has 2 heterocycles. The van der Waals surface area contributed by atoms with Crippen LogP contribution in [0.5, 0.6) is 0 Å². The van der Waals surface area contributed by atoms with Gasteiger partial charge in [-0.05, 0) is 52.1 Å². The highest BCUT2D eigenvalue weighted by Crippen LogP contribution is 2.51. The van der Waals surface area contributed by atoms with Gasteiger partial charge in [-0.2, -0.15) is 0 Å². The minimum absolute atomic E-state index is 0.310. The monoisotopic (exact) mass is 350 g/mol. The largest absolute Gasteiger partial charge is 0.369 e. The van der Waals surface area contributed by atoms with E-state index in [1.807, 2.05) is 12.3 Å². The van der Waals surface area contributed by atoms with E-state index in [1.54, 1.807) is 0 Å². The molecule has 0 aromatic carbocycles. The van der Waals surface area contributed by atoms with Crippen molar-refractivity contribution in [1.29, 1.82) is 0 Å². The molecule has 0 aliphatic heterocycles. The maximum atomic E-state index is 6.21. The summed E-state index contributed by atoms with van der Waals surface area (Å²) >= 11 is 3.45. The Labute approximate surface area is 134 Å². The van der Waals surface area contributed by atoms with E-state index in [2.05, 4.69) is 58.2 Å². The van der Waals surface area contributed by atoms with Crippen LogP contribution in [0.25, 0.3) is 11.2 Å². The second-order valence-electron chi connectivity index (χ2n) is 7.90. The Bertz CT molecular complexity index is 671. The smallest absolute Gasteiger partial charge is 0.202 e. The van der Waals surface area contributed by atoms with Gasteiger partial charge in [-0.1, -0.05) is 27.7 Å². The molecule has 2 aromatic rings. The van der Waals surface area contributed by atoms with Gasteiger partial charge in [0.25, 0.3) is 0 Å². The van der Waals surface area contributed by atoms with E-state index in [0.717, 1.165) is 28.5 Å². The third kappa shape index (κ3) is 2.80. The van der Waals surface area contributed by atoms with Crippen molar-refractivity contribution >= 4 is 33.0 Å². The highest BCUT2D eigenvalue weighted by Gasteiger charge is 2.40. The molecule has 4 nitrogen and oxygen atoms in total. The van der Waals surface area contributed by atoms with E-state index in [1.165, 1.54) is 6.42 Å². The van der Waals surface area contributed by atoms with E-state index >= 15 is 0 Å². The SMILES string of the molecule is CC1(C)CC(n2c(N)nc3cc(Br)cnc32)CC(C)(C)C1. The normalized spacial score (nSPS) is 21.8. The predicted octanol–water partition coefficient (Wildman–Crippen LogP) is 4.55. The number of pyridine rings is 1. The van der Waals surface area contributed by atoms with Crippen LogP contribution in [0.15, 0.2) is 16.7 Å². The van der Waals surface area contributed by atoms with Gasteiger partial charge in [0.05, 0.1) is 0 Å². The number of hydrogen-bond acceptors (Lipinski definition) is 3. The average molecular weight is 351 g/mol. The molecule has 3 rings (SSSR count). The molecule has 2 aromatic heterocycles. The number of nitrogens with two attached hydrogens (primary N) is 1. The molecule has 0 radical (unpaired) electrons. The van der Waals surface area contributed by atoms with Crippen molar-refractivity contribution in [2.24, 2.45) is 10.8 Å². The summed E-state index contributed by atoms with van der Waals surface area (Å²) in [4.78, 5) is 9.04. The summed E-state index contributed by atoms with van der Waals surface area (Å²) in [6.07, 6.45) is 5.29. The van der Waals surface area contributed by atoms with E-state index in [0.29, 0.717) is 22.8 Å². The quantitative estimate of drug-likeness (QED) is 0.820.